The number of nitrogen functional groups attached to an aromatic ring is 1. The maximum atomic E-state index is 13.0. The second kappa shape index (κ2) is 10.1. The fraction of sp³-hybridized carbons (Fsp3) is 0.458. The van der Waals surface area contributed by atoms with Crippen LogP contribution in [0.5, 0.6) is 5.75 Å². The topological polar surface area (TPSA) is 175 Å². The summed E-state index contributed by atoms with van der Waals surface area (Å²) in [6, 6.07) is 4.91. The summed E-state index contributed by atoms with van der Waals surface area (Å²) >= 11 is 0. The van der Waals surface area contributed by atoms with Crippen molar-refractivity contribution in [1.82, 2.24) is 24.8 Å². The molecule has 0 bridgehead atoms. The van der Waals surface area contributed by atoms with E-state index in [2.05, 4.69) is 20.3 Å². The molecule has 1 amide bonds. The first kappa shape index (κ1) is 25.3. The van der Waals surface area contributed by atoms with Gasteiger partial charge < -0.3 is 35.3 Å². The summed E-state index contributed by atoms with van der Waals surface area (Å²) in [4.78, 5) is 37.2. The van der Waals surface area contributed by atoms with Gasteiger partial charge in [0.15, 0.2) is 18.1 Å². The Bertz CT molecular complexity index is 1260. The van der Waals surface area contributed by atoms with Gasteiger partial charge in [0.1, 0.15) is 23.2 Å². The standard InChI is InChI=1S/C24H30N6O6/c1-24(2,3)36-17(32)10-35-14-6-4-5-13(9-14)23(34)29-15-7-8-16(31)19(20(15)33)30-12-28-18-21(25)26-11-27-22(18)30/h4-6,9,11-12,15-16,19-20,31,33H,7-8,10H2,1-3H3,(H,29,34)(H2,25,26,27)/t15-,16+,19-,20-/m1/s1. The summed E-state index contributed by atoms with van der Waals surface area (Å²) in [5.74, 6) is -0.435. The summed E-state index contributed by atoms with van der Waals surface area (Å²) in [5, 5.41) is 24.6. The predicted molar refractivity (Wildman–Crippen MR) is 129 cm³/mol. The van der Waals surface area contributed by atoms with Crippen LogP contribution >= 0.6 is 0 Å². The van der Waals surface area contributed by atoms with E-state index in [9.17, 15) is 19.8 Å². The van der Waals surface area contributed by atoms with Crippen LogP contribution in [0.15, 0.2) is 36.9 Å². The fourth-order valence-electron chi connectivity index (χ4n) is 4.25. The minimum absolute atomic E-state index is 0.192. The number of carbonyl (C=O) groups excluding carboxylic acids is 2. The summed E-state index contributed by atoms with van der Waals surface area (Å²) in [6.45, 7) is 4.99. The number of aromatic nitrogens is 4. The molecule has 0 spiro atoms. The lowest BCUT2D eigenvalue weighted by molar-refractivity contribution is -0.157. The summed E-state index contributed by atoms with van der Waals surface area (Å²) in [6.07, 6.45) is 1.43. The molecule has 36 heavy (non-hydrogen) atoms. The van der Waals surface area contributed by atoms with Crippen molar-refractivity contribution in [3.63, 3.8) is 0 Å². The maximum Gasteiger partial charge on any atom is 0.344 e. The number of imidazole rings is 1. The largest absolute Gasteiger partial charge is 0.482 e. The third-order valence-corrected chi connectivity index (χ3v) is 5.83. The first-order chi connectivity index (χ1) is 17.0. The molecule has 12 heteroatoms. The van der Waals surface area contributed by atoms with Crippen molar-refractivity contribution in [3.8, 4) is 5.75 Å². The Balaban J connectivity index is 1.45. The Morgan fingerprint density at radius 3 is 2.72 bits per heavy atom. The molecule has 5 N–H and O–H groups in total. The van der Waals surface area contributed by atoms with Gasteiger partial charge >= 0.3 is 5.97 Å². The molecule has 1 aromatic carbocycles. The Morgan fingerprint density at radius 2 is 1.97 bits per heavy atom. The predicted octanol–water partition coefficient (Wildman–Crippen LogP) is 0.984. The van der Waals surface area contributed by atoms with E-state index >= 15 is 0 Å². The molecule has 12 nitrogen and oxygen atoms in total. The third kappa shape index (κ3) is 5.55. The number of anilines is 1. The first-order valence-corrected chi connectivity index (χ1v) is 11.6. The van der Waals surface area contributed by atoms with Crippen LogP contribution < -0.4 is 15.8 Å². The first-order valence-electron chi connectivity index (χ1n) is 11.6. The lowest BCUT2D eigenvalue weighted by Gasteiger charge is -2.39. The van der Waals surface area contributed by atoms with Gasteiger partial charge in [-0.3, -0.25) is 4.79 Å². The van der Waals surface area contributed by atoms with Gasteiger partial charge in [-0.05, 0) is 51.8 Å². The molecule has 4 atom stereocenters. The molecule has 2 aromatic heterocycles. The normalized spacial score (nSPS) is 22.2. The molecule has 1 fully saturated rings. The molecule has 1 saturated carbocycles. The number of carbonyl (C=O) groups is 2. The Labute approximate surface area is 207 Å². The second-order valence-corrected chi connectivity index (χ2v) is 9.69. The molecular weight excluding hydrogens is 468 g/mol. The fourth-order valence-corrected chi connectivity index (χ4v) is 4.25. The Hall–Kier alpha value is -3.77. The van der Waals surface area contributed by atoms with Crippen molar-refractivity contribution in [2.24, 2.45) is 0 Å². The number of rotatable bonds is 6. The second-order valence-electron chi connectivity index (χ2n) is 9.69. The van der Waals surface area contributed by atoms with E-state index in [0.29, 0.717) is 35.3 Å². The molecule has 4 rings (SSSR count). The van der Waals surface area contributed by atoms with E-state index in [-0.39, 0.29) is 12.4 Å². The quantitative estimate of drug-likeness (QED) is 0.359. The summed E-state index contributed by atoms with van der Waals surface area (Å²) < 4.78 is 12.3. The Morgan fingerprint density at radius 1 is 1.19 bits per heavy atom. The summed E-state index contributed by atoms with van der Waals surface area (Å²) in [5.41, 5.74) is 6.27. The number of amides is 1. The molecule has 0 aliphatic heterocycles. The molecule has 0 saturated heterocycles. The number of nitrogens with one attached hydrogen (secondary N) is 1. The number of hydrogen-bond donors (Lipinski definition) is 4. The number of fused-ring (bicyclic) bond motifs is 1. The number of benzene rings is 1. The van der Waals surface area contributed by atoms with Crippen molar-refractivity contribution in [2.75, 3.05) is 12.3 Å². The zero-order chi connectivity index (χ0) is 26.0. The smallest absolute Gasteiger partial charge is 0.344 e. The van der Waals surface area contributed by atoms with Crippen LogP contribution in [0.3, 0.4) is 0 Å². The van der Waals surface area contributed by atoms with Crippen molar-refractivity contribution < 1.29 is 29.3 Å². The van der Waals surface area contributed by atoms with Gasteiger partial charge in [-0.1, -0.05) is 6.07 Å². The SMILES string of the molecule is CC(C)(C)OC(=O)COc1cccc(C(=O)N[C@@H]2CC[C@H](O)[C@@H](n3cnc4c(N)ncnc43)[C@@H]2O)c1. The average Bonchev–Trinajstić information content (AvgIpc) is 3.24. The van der Waals surface area contributed by atoms with E-state index in [1.165, 1.54) is 18.7 Å². The number of nitrogens with two attached hydrogens (primary N) is 1. The number of aliphatic hydroxyl groups excluding tert-OH is 2. The van der Waals surface area contributed by atoms with Gasteiger partial charge in [0, 0.05) is 5.56 Å². The van der Waals surface area contributed by atoms with E-state index in [4.69, 9.17) is 15.2 Å². The van der Waals surface area contributed by atoms with Gasteiger partial charge in [0.25, 0.3) is 5.91 Å². The monoisotopic (exact) mass is 498 g/mol. The zero-order valence-corrected chi connectivity index (χ0v) is 20.3. The molecule has 2 heterocycles. The highest BCUT2D eigenvalue weighted by atomic mass is 16.6. The van der Waals surface area contributed by atoms with Crippen molar-refractivity contribution >= 4 is 28.9 Å². The number of ether oxygens (including phenoxy) is 2. The minimum atomic E-state index is -1.13. The molecular formula is C24H30N6O6. The number of hydrogen-bond acceptors (Lipinski definition) is 10. The van der Waals surface area contributed by atoms with Crippen LogP contribution in [-0.4, -0.2) is 72.1 Å². The molecule has 0 unspecified atom stereocenters. The minimum Gasteiger partial charge on any atom is -0.482 e. The highest BCUT2D eigenvalue weighted by Gasteiger charge is 2.40. The summed E-state index contributed by atoms with van der Waals surface area (Å²) in [7, 11) is 0. The molecule has 1 aliphatic rings. The maximum absolute atomic E-state index is 13.0. The van der Waals surface area contributed by atoms with Crippen LogP contribution in [0.2, 0.25) is 0 Å². The lowest BCUT2D eigenvalue weighted by atomic mass is 9.85. The van der Waals surface area contributed by atoms with Crippen molar-refractivity contribution in [3.05, 3.63) is 42.5 Å². The number of aliphatic hydroxyl groups is 2. The van der Waals surface area contributed by atoms with E-state index in [1.807, 2.05) is 0 Å². The average molecular weight is 499 g/mol. The highest BCUT2D eigenvalue weighted by Crippen LogP contribution is 2.32. The van der Waals surface area contributed by atoms with Crippen LogP contribution in [0.25, 0.3) is 11.2 Å². The van der Waals surface area contributed by atoms with Crippen LogP contribution in [-0.2, 0) is 9.53 Å². The van der Waals surface area contributed by atoms with Crippen LogP contribution in [0.1, 0.15) is 50.0 Å². The van der Waals surface area contributed by atoms with E-state index < -0.39 is 41.8 Å². The van der Waals surface area contributed by atoms with Crippen LogP contribution in [0, 0.1) is 0 Å². The van der Waals surface area contributed by atoms with Gasteiger partial charge in [0.2, 0.25) is 0 Å². The molecule has 3 aromatic rings. The lowest BCUT2D eigenvalue weighted by Crippen LogP contribution is -2.53. The van der Waals surface area contributed by atoms with E-state index in [0.717, 1.165) is 0 Å². The number of nitrogens with zero attached hydrogens (tertiary/aromatic N) is 4. The van der Waals surface area contributed by atoms with Gasteiger partial charge in [-0.25, -0.2) is 19.7 Å². The van der Waals surface area contributed by atoms with E-state index in [1.54, 1.807) is 43.5 Å². The third-order valence-electron chi connectivity index (χ3n) is 5.83. The molecule has 1 aliphatic carbocycles. The van der Waals surface area contributed by atoms with Crippen LogP contribution in [0.4, 0.5) is 5.82 Å². The van der Waals surface area contributed by atoms with Crippen molar-refractivity contribution in [1.29, 1.82) is 0 Å². The molecule has 0 radical (unpaired) electrons. The Kier molecular flexibility index (Phi) is 7.09. The van der Waals surface area contributed by atoms with Gasteiger partial charge in [0.05, 0.1) is 30.6 Å². The van der Waals surface area contributed by atoms with Gasteiger partial charge in [-0.2, -0.15) is 0 Å². The highest BCUT2D eigenvalue weighted by molar-refractivity contribution is 5.94. The molecule has 192 valence electrons. The zero-order valence-electron chi connectivity index (χ0n) is 20.3. The van der Waals surface area contributed by atoms with Gasteiger partial charge in [-0.15, -0.1) is 0 Å². The van der Waals surface area contributed by atoms with Crippen molar-refractivity contribution in [2.45, 2.75) is 63.5 Å². The number of esters is 1.